The van der Waals surface area contributed by atoms with Crippen molar-refractivity contribution >= 4 is 22.8 Å². The predicted octanol–water partition coefficient (Wildman–Crippen LogP) is 2.86. The Balaban J connectivity index is 2.12. The van der Waals surface area contributed by atoms with Gasteiger partial charge in [0.2, 0.25) is 5.91 Å². The van der Waals surface area contributed by atoms with E-state index in [9.17, 15) is 9.59 Å². The lowest BCUT2D eigenvalue weighted by Crippen LogP contribution is -2.49. The van der Waals surface area contributed by atoms with Gasteiger partial charge in [-0.3, -0.25) is 9.59 Å². The summed E-state index contributed by atoms with van der Waals surface area (Å²) in [7, 11) is 0. The topological polar surface area (TPSA) is 82.2 Å². The van der Waals surface area contributed by atoms with E-state index in [0.717, 1.165) is 16.5 Å². The Bertz CT molecular complexity index is 671. The lowest BCUT2D eigenvalue weighted by Gasteiger charge is -2.31. The summed E-state index contributed by atoms with van der Waals surface area (Å²) in [6, 6.07) is 7.81. The molecule has 0 spiro atoms. The molecule has 1 aromatic carbocycles. The molecule has 0 aliphatic rings. The van der Waals surface area contributed by atoms with Crippen LogP contribution in [0.5, 0.6) is 0 Å². The summed E-state index contributed by atoms with van der Waals surface area (Å²) < 4.78 is 0. The van der Waals surface area contributed by atoms with Crippen LogP contribution in [0, 0.1) is 0 Å². The molecule has 0 fully saturated rings. The number of nitrogens with one attached hydrogen (secondary N) is 2. The highest BCUT2D eigenvalue weighted by molar-refractivity contribution is 5.89. The van der Waals surface area contributed by atoms with Gasteiger partial charge < -0.3 is 15.4 Å². The molecular weight excluding hydrogens is 280 g/mol. The second-order valence-corrected chi connectivity index (χ2v) is 5.64. The fourth-order valence-corrected chi connectivity index (χ4v) is 2.80. The van der Waals surface area contributed by atoms with E-state index in [2.05, 4.69) is 10.3 Å². The molecule has 5 nitrogen and oxygen atoms in total. The molecule has 2 rings (SSSR count). The van der Waals surface area contributed by atoms with Crippen molar-refractivity contribution in [3.8, 4) is 0 Å². The van der Waals surface area contributed by atoms with E-state index in [1.807, 2.05) is 44.3 Å². The molecule has 0 aliphatic heterocycles. The SMILES string of the molecule is CCC(CC)(CC(=O)O)NC(=O)Cc1c[nH]c2ccccc12. The molecule has 0 saturated heterocycles. The Morgan fingerprint density at radius 2 is 1.91 bits per heavy atom. The number of H-pyrrole nitrogens is 1. The van der Waals surface area contributed by atoms with Gasteiger partial charge >= 0.3 is 5.97 Å². The molecule has 0 atom stereocenters. The van der Waals surface area contributed by atoms with Crippen molar-refractivity contribution in [3.05, 3.63) is 36.0 Å². The molecule has 0 aliphatic carbocycles. The maximum absolute atomic E-state index is 12.4. The van der Waals surface area contributed by atoms with Crippen LogP contribution in [0.3, 0.4) is 0 Å². The zero-order chi connectivity index (χ0) is 16.2. The molecule has 0 saturated carbocycles. The number of aliphatic carboxylic acids is 1. The van der Waals surface area contributed by atoms with Crippen LogP contribution in [0.15, 0.2) is 30.5 Å². The van der Waals surface area contributed by atoms with Crippen molar-refractivity contribution in [1.29, 1.82) is 0 Å². The van der Waals surface area contributed by atoms with Gasteiger partial charge in [-0.25, -0.2) is 0 Å². The van der Waals surface area contributed by atoms with E-state index in [-0.39, 0.29) is 18.7 Å². The molecular formula is C17H22N2O3. The Kier molecular flexibility index (Phi) is 4.85. The van der Waals surface area contributed by atoms with Crippen LogP contribution in [0.4, 0.5) is 0 Å². The van der Waals surface area contributed by atoms with Gasteiger partial charge in [0.05, 0.1) is 12.8 Å². The van der Waals surface area contributed by atoms with Crippen LogP contribution < -0.4 is 5.32 Å². The van der Waals surface area contributed by atoms with E-state index in [1.165, 1.54) is 0 Å². The monoisotopic (exact) mass is 302 g/mol. The molecule has 0 unspecified atom stereocenters. The maximum atomic E-state index is 12.4. The van der Waals surface area contributed by atoms with Gasteiger partial charge in [-0.1, -0.05) is 32.0 Å². The van der Waals surface area contributed by atoms with Gasteiger partial charge in [-0.15, -0.1) is 0 Å². The van der Waals surface area contributed by atoms with Crippen molar-refractivity contribution < 1.29 is 14.7 Å². The zero-order valence-electron chi connectivity index (χ0n) is 13.0. The van der Waals surface area contributed by atoms with Crippen LogP contribution in [0.25, 0.3) is 10.9 Å². The molecule has 0 bridgehead atoms. The van der Waals surface area contributed by atoms with E-state index < -0.39 is 11.5 Å². The van der Waals surface area contributed by atoms with Gasteiger partial charge in [0.15, 0.2) is 0 Å². The van der Waals surface area contributed by atoms with Crippen LogP contribution >= 0.6 is 0 Å². The Hall–Kier alpha value is -2.30. The first-order valence-electron chi connectivity index (χ1n) is 7.57. The maximum Gasteiger partial charge on any atom is 0.305 e. The average molecular weight is 302 g/mol. The van der Waals surface area contributed by atoms with E-state index >= 15 is 0 Å². The van der Waals surface area contributed by atoms with Gasteiger partial charge in [0.1, 0.15) is 0 Å². The molecule has 1 heterocycles. The number of aromatic amines is 1. The number of hydrogen-bond acceptors (Lipinski definition) is 2. The van der Waals surface area contributed by atoms with Crippen molar-refractivity contribution in [3.63, 3.8) is 0 Å². The minimum absolute atomic E-state index is 0.0559. The first-order valence-corrected chi connectivity index (χ1v) is 7.57. The largest absolute Gasteiger partial charge is 0.481 e. The Labute approximate surface area is 129 Å². The standard InChI is InChI=1S/C17H22N2O3/c1-3-17(4-2,10-16(21)22)19-15(20)9-12-11-18-14-8-6-5-7-13(12)14/h5-8,11,18H,3-4,9-10H2,1-2H3,(H,19,20)(H,21,22). The highest BCUT2D eigenvalue weighted by atomic mass is 16.4. The predicted molar refractivity (Wildman–Crippen MR) is 85.7 cm³/mol. The molecule has 2 aromatic rings. The van der Waals surface area contributed by atoms with Gasteiger partial charge in [0.25, 0.3) is 0 Å². The summed E-state index contributed by atoms with van der Waals surface area (Å²) in [5.41, 5.74) is 1.24. The number of amides is 1. The van der Waals surface area contributed by atoms with Crippen LogP contribution in [-0.2, 0) is 16.0 Å². The number of carboxylic acids is 1. The fraction of sp³-hybridized carbons (Fsp3) is 0.412. The summed E-state index contributed by atoms with van der Waals surface area (Å²) in [5, 5.41) is 13.0. The summed E-state index contributed by atoms with van der Waals surface area (Å²) in [5.74, 6) is -1.04. The van der Waals surface area contributed by atoms with Gasteiger partial charge in [0, 0.05) is 22.6 Å². The first kappa shape index (κ1) is 16.1. The van der Waals surface area contributed by atoms with E-state index in [1.54, 1.807) is 0 Å². The smallest absolute Gasteiger partial charge is 0.305 e. The third kappa shape index (κ3) is 3.47. The molecule has 3 N–H and O–H groups in total. The fourth-order valence-electron chi connectivity index (χ4n) is 2.80. The number of fused-ring (bicyclic) bond motifs is 1. The molecule has 5 heteroatoms. The van der Waals surface area contributed by atoms with Crippen molar-refractivity contribution in [2.75, 3.05) is 0 Å². The minimum atomic E-state index is -0.893. The quantitative estimate of drug-likeness (QED) is 0.735. The number of carboxylic acid groups (broad SMARTS) is 1. The number of rotatable bonds is 7. The van der Waals surface area contributed by atoms with Crippen molar-refractivity contribution in [2.24, 2.45) is 0 Å². The molecule has 1 aromatic heterocycles. The number of carbonyl (C=O) groups is 2. The third-order valence-corrected chi connectivity index (χ3v) is 4.27. The number of aromatic nitrogens is 1. The van der Waals surface area contributed by atoms with Gasteiger partial charge in [-0.05, 0) is 24.5 Å². The molecule has 22 heavy (non-hydrogen) atoms. The lowest BCUT2D eigenvalue weighted by atomic mass is 9.88. The van der Waals surface area contributed by atoms with Gasteiger partial charge in [-0.2, -0.15) is 0 Å². The minimum Gasteiger partial charge on any atom is -0.481 e. The number of carbonyl (C=O) groups excluding carboxylic acids is 1. The Morgan fingerprint density at radius 3 is 2.55 bits per heavy atom. The summed E-state index contributed by atoms with van der Waals surface area (Å²) >= 11 is 0. The molecule has 0 radical (unpaired) electrons. The van der Waals surface area contributed by atoms with Crippen LogP contribution in [-0.4, -0.2) is 27.5 Å². The van der Waals surface area contributed by atoms with E-state index in [4.69, 9.17) is 5.11 Å². The normalized spacial score (nSPS) is 11.5. The highest BCUT2D eigenvalue weighted by Gasteiger charge is 2.30. The number of benzene rings is 1. The third-order valence-electron chi connectivity index (χ3n) is 4.27. The highest BCUT2D eigenvalue weighted by Crippen LogP contribution is 2.22. The van der Waals surface area contributed by atoms with Crippen molar-refractivity contribution in [2.45, 2.75) is 45.1 Å². The Morgan fingerprint density at radius 1 is 1.23 bits per heavy atom. The second-order valence-electron chi connectivity index (χ2n) is 5.64. The van der Waals surface area contributed by atoms with Crippen LogP contribution in [0.2, 0.25) is 0 Å². The molecule has 1 amide bonds. The van der Waals surface area contributed by atoms with Crippen LogP contribution in [0.1, 0.15) is 38.7 Å². The summed E-state index contributed by atoms with van der Waals surface area (Å²) in [6.45, 7) is 3.80. The first-order chi connectivity index (χ1) is 10.5. The second kappa shape index (κ2) is 6.64. The van der Waals surface area contributed by atoms with Crippen molar-refractivity contribution in [1.82, 2.24) is 10.3 Å². The number of hydrogen-bond donors (Lipinski definition) is 3. The molecule has 118 valence electrons. The zero-order valence-corrected chi connectivity index (χ0v) is 13.0. The lowest BCUT2D eigenvalue weighted by molar-refractivity contribution is -0.139. The number of para-hydroxylation sites is 1. The van der Waals surface area contributed by atoms with E-state index in [0.29, 0.717) is 12.8 Å². The summed E-state index contributed by atoms with van der Waals surface area (Å²) in [6.07, 6.45) is 3.21. The average Bonchev–Trinajstić information content (AvgIpc) is 2.89. The summed E-state index contributed by atoms with van der Waals surface area (Å²) in [4.78, 5) is 26.5.